The minimum Gasteiger partial charge on any atom is -0.442 e. The van der Waals surface area contributed by atoms with Crippen LogP contribution in [0.3, 0.4) is 0 Å². The van der Waals surface area contributed by atoms with Crippen LogP contribution in [0.4, 0.5) is 4.79 Å². The fourth-order valence-electron chi connectivity index (χ4n) is 2.23. The lowest BCUT2D eigenvalue weighted by Crippen LogP contribution is -2.27. The predicted octanol–water partition coefficient (Wildman–Crippen LogP) is 3.88. The summed E-state index contributed by atoms with van der Waals surface area (Å²) in [6, 6.07) is 11.3. The molecule has 2 heterocycles. The van der Waals surface area contributed by atoms with Crippen molar-refractivity contribution < 1.29 is 9.53 Å². The van der Waals surface area contributed by atoms with Gasteiger partial charge in [-0.15, -0.1) is 0 Å². The van der Waals surface area contributed by atoms with Gasteiger partial charge in [0, 0.05) is 23.3 Å². The molecule has 0 N–H and O–H groups in total. The maximum Gasteiger partial charge on any atom is 0.435 e. The Morgan fingerprint density at radius 2 is 1.91 bits per heavy atom. The van der Waals surface area contributed by atoms with Gasteiger partial charge in [-0.1, -0.05) is 18.2 Å². The minimum atomic E-state index is -0.571. The van der Waals surface area contributed by atoms with Gasteiger partial charge in [0.25, 0.3) is 0 Å². The van der Waals surface area contributed by atoms with Crippen LogP contribution in [0, 0.1) is 0 Å². The molecule has 0 bridgehead atoms. The van der Waals surface area contributed by atoms with Crippen LogP contribution in [0.1, 0.15) is 20.8 Å². The third kappa shape index (κ3) is 2.70. The van der Waals surface area contributed by atoms with Gasteiger partial charge in [0.15, 0.2) is 0 Å². The van der Waals surface area contributed by atoms with Gasteiger partial charge in [-0.05, 0) is 39.0 Å². The molecule has 0 aliphatic rings. The van der Waals surface area contributed by atoms with Gasteiger partial charge in [-0.2, -0.15) is 9.78 Å². The number of fused-ring (bicyclic) bond motifs is 1. The number of rotatable bonds is 1. The highest BCUT2D eigenvalue weighted by Gasteiger charge is 2.22. The molecular formula is C17H17N3O2. The summed E-state index contributed by atoms with van der Waals surface area (Å²) in [6.07, 6.45) is 2.95. The fraction of sp³-hybridized carbons (Fsp3) is 0.235. The molecule has 22 heavy (non-hydrogen) atoms. The molecule has 3 rings (SSSR count). The summed E-state index contributed by atoms with van der Waals surface area (Å²) in [5, 5.41) is 5.34. The van der Waals surface area contributed by atoms with Crippen molar-refractivity contribution in [3.8, 4) is 11.3 Å². The van der Waals surface area contributed by atoms with Crippen molar-refractivity contribution in [2.45, 2.75) is 26.4 Å². The smallest absolute Gasteiger partial charge is 0.435 e. The maximum absolute atomic E-state index is 12.4. The Morgan fingerprint density at radius 3 is 2.59 bits per heavy atom. The van der Waals surface area contributed by atoms with Crippen LogP contribution in [0.5, 0.6) is 0 Å². The van der Waals surface area contributed by atoms with Gasteiger partial charge in [0.2, 0.25) is 0 Å². The summed E-state index contributed by atoms with van der Waals surface area (Å²) in [5.41, 5.74) is 1.73. The van der Waals surface area contributed by atoms with Crippen molar-refractivity contribution in [3.05, 3.63) is 48.8 Å². The number of carbonyl (C=O) groups excluding carboxylic acids is 1. The van der Waals surface area contributed by atoms with E-state index in [4.69, 9.17) is 4.74 Å². The van der Waals surface area contributed by atoms with Gasteiger partial charge in [-0.3, -0.25) is 4.98 Å². The van der Waals surface area contributed by atoms with E-state index in [1.807, 2.05) is 57.2 Å². The third-order valence-corrected chi connectivity index (χ3v) is 3.09. The highest BCUT2D eigenvalue weighted by Crippen LogP contribution is 2.27. The van der Waals surface area contributed by atoms with Crippen molar-refractivity contribution in [1.29, 1.82) is 0 Å². The Labute approximate surface area is 128 Å². The monoisotopic (exact) mass is 295 g/mol. The number of nitrogens with zero attached hydrogens (tertiary/aromatic N) is 3. The summed E-state index contributed by atoms with van der Waals surface area (Å²) >= 11 is 0. The molecule has 0 saturated carbocycles. The van der Waals surface area contributed by atoms with E-state index < -0.39 is 11.7 Å². The van der Waals surface area contributed by atoms with Gasteiger partial charge in [-0.25, -0.2) is 4.79 Å². The molecule has 0 radical (unpaired) electrons. The Kier molecular flexibility index (Phi) is 3.41. The first kappa shape index (κ1) is 14.3. The summed E-state index contributed by atoms with van der Waals surface area (Å²) in [4.78, 5) is 16.5. The summed E-state index contributed by atoms with van der Waals surface area (Å²) < 4.78 is 6.74. The third-order valence-electron chi connectivity index (χ3n) is 3.09. The first-order chi connectivity index (χ1) is 10.5. The van der Waals surface area contributed by atoms with Gasteiger partial charge in [0.05, 0.1) is 5.52 Å². The highest BCUT2D eigenvalue weighted by molar-refractivity contribution is 5.97. The van der Waals surface area contributed by atoms with Gasteiger partial charge >= 0.3 is 6.09 Å². The zero-order valence-electron chi connectivity index (χ0n) is 12.8. The van der Waals surface area contributed by atoms with E-state index in [0.29, 0.717) is 0 Å². The van der Waals surface area contributed by atoms with Crippen LogP contribution in [-0.2, 0) is 4.74 Å². The molecule has 1 aromatic carbocycles. The van der Waals surface area contributed by atoms with Crippen LogP contribution < -0.4 is 0 Å². The second kappa shape index (κ2) is 5.26. The molecule has 5 nitrogen and oxygen atoms in total. The second-order valence-electron chi connectivity index (χ2n) is 6.00. The van der Waals surface area contributed by atoms with E-state index in [0.717, 1.165) is 22.2 Å². The summed E-state index contributed by atoms with van der Waals surface area (Å²) in [7, 11) is 0. The van der Waals surface area contributed by atoms with Crippen molar-refractivity contribution in [1.82, 2.24) is 14.8 Å². The molecule has 112 valence electrons. The van der Waals surface area contributed by atoms with Gasteiger partial charge in [0.1, 0.15) is 11.3 Å². The molecule has 2 aromatic heterocycles. The van der Waals surface area contributed by atoms with Gasteiger partial charge < -0.3 is 4.74 Å². The molecule has 0 spiro atoms. The van der Waals surface area contributed by atoms with Crippen LogP contribution in [0.25, 0.3) is 22.2 Å². The SMILES string of the molecule is CC(C)(C)OC(=O)n1nc(-c2cccnc2)c2ccccc21. The van der Waals surface area contributed by atoms with Crippen molar-refractivity contribution >= 4 is 17.0 Å². The van der Waals surface area contributed by atoms with Crippen LogP contribution in [-0.4, -0.2) is 26.5 Å². The number of carbonyl (C=O) groups is 1. The number of hydrogen-bond donors (Lipinski definition) is 0. The van der Waals surface area contributed by atoms with E-state index in [1.54, 1.807) is 12.4 Å². The van der Waals surface area contributed by atoms with Crippen LogP contribution in [0.2, 0.25) is 0 Å². The normalized spacial score (nSPS) is 11.6. The Balaban J connectivity index is 2.15. The zero-order valence-corrected chi connectivity index (χ0v) is 12.8. The van der Waals surface area contributed by atoms with Crippen molar-refractivity contribution in [2.75, 3.05) is 0 Å². The maximum atomic E-state index is 12.4. The second-order valence-corrected chi connectivity index (χ2v) is 6.00. The molecule has 0 atom stereocenters. The standard InChI is InChI=1S/C17H17N3O2/c1-17(2,3)22-16(21)20-14-9-5-4-8-13(14)15(19-20)12-7-6-10-18-11-12/h4-11H,1-3H3. The first-order valence-corrected chi connectivity index (χ1v) is 7.07. The Bertz CT molecular complexity index is 817. The fourth-order valence-corrected chi connectivity index (χ4v) is 2.23. The molecule has 0 aliphatic carbocycles. The molecule has 0 fully saturated rings. The van der Waals surface area contributed by atoms with E-state index in [1.165, 1.54) is 4.68 Å². The first-order valence-electron chi connectivity index (χ1n) is 7.07. The lowest BCUT2D eigenvalue weighted by atomic mass is 10.1. The quantitative estimate of drug-likeness (QED) is 0.683. The summed E-state index contributed by atoms with van der Waals surface area (Å²) in [6.45, 7) is 5.50. The minimum absolute atomic E-state index is 0.487. The molecule has 0 aliphatic heterocycles. The molecule has 0 saturated heterocycles. The Morgan fingerprint density at radius 1 is 1.14 bits per heavy atom. The van der Waals surface area contributed by atoms with E-state index in [-0.39, 0.29) is 0 Å². The Hall–Kier alpha value is -2.69. The number of para-hydroxylation sites is 1. The van der Waals surface area contributed by atoms with Crippen LogP contribution in [0.15, 0.2) is 48.8 Å². The molecule has 3 aromatic rings. The number of pyridine rings is 1. The molecule has 0 amide bonds. The lowest BCUT2D eigenvalue weighted by molar-refractivity contribution is 0.0523. The lowest BCUT2D eigenvalue weighted by Gasteiger charge is -2.19. The largest absolute Gasteiger partial charge is 0.442 e. The van der Waals surface area contributed by atoms with E-state index in [9.17, 15) is 4.79 Å². The zero-order chi connectivity index (χ0) is 15.7. The van der Waals surface area contributed by atoms with E-state index >= 15 is 0 Å². The number of hydrogen-bond acceptors (Lipinski definition) is 4. The number of aromatic nitrogens is 3. The molecule has 0 unspecified atom stereocenters. The predicted molar refractivity (Wildman–Crippen MR) is 84.6 cm³/mol. The van der Waals surface area contributed by atoms with Crippen molar-refractivity contribution in [3.63, 3.8) is 0 Å². The average Bonchev–Trinajstić information content (AvgIpc) is 2.86. The number of ether oxygens (including phenoxy) is 1. The molecular weight excluding hydrogens is 278 g/mol. The van der Waals surface area contributed by atoms with Crippen LogP contribution >= 0.6 is 0 Å². The number of benzene rings is 1. The topological polar surface area (TPSA) is 57.0 Å². The average molecular weight is 295 g/mol. The summed E-state index contributed by atoms with van der Waals surface area (Å²) in [5.74, 6) is 0. The molecule has 5 heteroatoms. The van der Waals surface area contributed by atoms with Crippen molar-refractivity contribution in [2.24, 2.45) is 0 Å². The van der Waals surface area contributed by atoms with E-state index in [2.05, 4.69) is 10.1 Å². The highest BCUT2D eigenvalue weighted by atomic mass is 16.6.